The predicted octanol–water partition coefficient (Wildman–Crippen LogP) is 4.88. The Morgan fingerprint density at radius 2 is 1.96 bits per heavy atom. The Morgan fingerprint density at radius 3 is 2.54 bits per heavy atom. The summed E-state index contributed by atoms with van der Waals surface area (Å²) in [6, 6.07) is 7.52. The highest BCUT2D eigenvalue weighted by Gasteiger charge is 2.45. The number of hydrogen-bond donors (Lipinski definition) is 2. The predicted molar refractivity (Wildman–Crippen MR) is 112 cm³/mol. The molecular weight excluding hydrogens is 376 g/mol. The lowest BCUT2D eigenvalue weighted by molar-refractivity contribution is -0.149. The monoisotopic (exact) mass is 408 g/mol. The fourth-order valence-electron chi connectivity index (χ4n) is 3.66. The van der Waals surface area contributed by atoms with Crippen LogP contribution in [0.15, 0.2) is 36.4 Å². The Kier molecular flexibility index (Phi) is 8.11. The molecular formula is C23H33ClO4. The number of carbonyl (C=O) groups is 1. The summed E-state index contributed by atoms with van der Waals surface area (Å²) in [7, 11) is 0. The van der Waals surface area contributed by atoms with Crippen LogP contribution >= 0.6 is 11.6 Å². The van der Waals surface area contributed by atoms with E-state index in [0.29, 0.717) is 12.8 Å². The van der Waals surface area contributed by atoms with Gasteiger partial charge in [0.25, 0.3) is 0 Å². The van der Waals surface area contributed by atoms with Crippen LogP contribution < -0.4 is 0 Å². The third kappa shape index (κ3) is 5.82. The lowest BCUT2D eigenvalue weighted by Gasteiger charge is -2.27. The van der Waals surface area contributed by atoms with Gasteiger partial charge in [-0.15, -0.1) is 11.6 Å². The van der Waals surface area contributed by atoms with E-state index in [2.05, 4.69) is 0 Å². The van der Waals surface area contributed by atoms with E-state index in [9.17, 15) is 15.0 Å². The van der Waals surface area contributed by atoms with E-state index in [0.717, 1.165) is 24.0 Å². The molecule has 5 heteroatoms. The quantitative estimate of drug-likeness (QED) is 0.292. The molecule has 2 rings (SSSR count). The number of halogens is 1. The summed E-state index contributed by atoms with van der Waals surface area (Å²) in [5, 5.41) is 20.6. The van der Waals surface area contributed by atoms with Crippen LogP contribution in [-0.4, -0.2) is 33.8 Å². The number of alkyl halides is 1. The first-order valence-corrected chi connectivity index (χ1v) is 10.5. The summed E-state index contributed by atoms with van der Waals surface area (Å²) in [6.07, 6.45) is 4.48. The average Bonchev–Trinajstić information content (AvgIpc) is 2.91. The maximum Gasteiger partial charge on any atom is 0.306 e. The first kappa shape index (κ1) is 22.9. The van der Waals surface area contributed by atoms with E-state index in [-0.39, 0.29) is 17.3 Å². The molecule has 0 aliphatic heterocycles. The van der Waals surface area contributed by atoms with Gasteiger partial charge in [-0.3, -0.25) is 4.79 Å². The van der Waals surface area contributed by atoms with Crippen molar-refractivity contribution in [3.63, 3.8) is 0 Å². The number of carbonyl (C=O) groups excluding carboxylic acids is 1. The van der Waals surface area contributed by atoms with Gasteiger partial charge in [0.2, 0.25) is 0 Å². The molecule has 28 heavy (non-hydrogen) atoms. The van der Waals surface area contributed by atoms with Crippen molar-refractivity contribution in [2.45, 2.75) is 83.0 Å². The second-order valence-electron chi connectivity index (χ2n) is 8.70. The van der Waals surface area contributed by atoms with Crippen LogP contribution in [0.5, 0.6) is 0 Å². The summed E-state index contributed by atoms with van der Waals surface area (Å²) < 4.78 is 5.67. The molecule has 156 valence electrons. The van der Waals surface area contributed by atoms with Gasteiger partial charge in [-0.1, -0.05) is 57.2 Å². The third-order valence-electron chi connectivity index (χ3n) is 5.30. The minimum Gasteiger partial charge on any atom is -0.460 e. The topological polar surface area (TPSA) is 66.8 Å². The highest BCUT2D eigenvalue weighted by Crippen LogP contribution is 2.41. The second-order valence-corrected chi connectivity index (χ2v) is 9.26. The molecule has 2 N–H and O–H groups in total. The molecule has 4 nitrogen and oxygen atoms in total. The van der Waals surface area contributed by atoms with Gasteiger partial charge < -0.3 is 14.9 Å². The number of unbranched alkanes of at least 4 members (excludes halogenated alkanes) is 1. The summed E-state index contributed by atoms with van der Waals surface area (Å²) in [5.41, 5.74) is 1.43. The van der Waals surface area contributed by atoms with Gasteiger partial charge in [0.05, 0.1) is 17.6 Å². The first-order valence-electron chi connectivity index (χ1n) is 10.1. The van der Waals surface area contributed by atoms with Crippen LogP contribution in [-0.2, 0) is 9.53 Å². The van der Waals surface area contributed by atoms with E-state index >= 15 is 0 Å². The minimum atomic E-state index is -0.665. The van der Waals surface area contributed by atoms with E-state index in [1.807, 2.05) is 64.1 Å². The van der Waals surface area contributed by atoms with Gasteiger partial charge in [0.15, 0.2) is 0 Å². The van der Waals surface area contributed by atoms with Crippen molar-refractivity contribution in [2.24, 2.45) is 5.41 Å². The Labute approximate surface area is 173 Å². The molecule has 1 aliphatic rings. The fourth-order valence-corrected chi connectivity index (χ4v) is 4.05. The molecule has 1 saturated carbocycles. The fraction of sp³-hybridized carbons (Fsp3) is 0.609. The van der Waals surface area contributed by atoms with Crippen molar-refractivity contribution < 1.29 is 19.7 Å². The van der Waals surface area contributed by atoms with Gasteiger partial charge in [-0.2, -0.15) is 0 Å². The zero-order chi connectivity index (χ0) is 20.9. The van der Waals surface area contributed by atoms with Gasteiger partial charge in [0.1, 0.15) is 6.10 Å². The molecule has 1 aromatic carbocycles. The van der Waals surface area contributed by atoms with Crippen molar-refractivity contribution in [1.82, 2.24) is 0 Å². The molecule has 0 aromatic heterocycles. The molecule has 0 saturated heterocycles. The molecule has 0 radical (unpaired) electrons. The molecule has 0 amide bonds. The number of esters is 1. The number of hydrogen-bond acceptors (Lipinski definition) is 4. The molecule has 1 unspecified atom stereocenters. The lowest BCUT2D eigenvalue weighted by atomic mass is 9.84. The number of benzene rings is 1. The zero-order valence-electron chi connectivity index (χ0n) is 17.3. The van der Waals surface area contributed by atoms with Gasteiger partial charge in [0, 0.05) is 12.3 Å². The molecule has 5 atom stereocenters. The molecule has 1 aliphatic carbocycles. The summed E-state index contributed by atoms with van der Waals surface area (Å²) in [6.45, 7) is 7.90. The van der Waals surface area contributed by atoms with Gasteiger partial charge in [-0.05, 0) is 42.7 Å². The van der Waals surface area contributed by atoms with E-state index in [4.69, 9.17) is 16.3 Å². The van der Waals surface area contributed by atoms with E-state index in [1.54, 1.807) is 0 Å². The van der Waals surface area contributed by atoms with Gasteiger partial charge >= 0.3 is 5.97 Å². The molecule has 0 heterocycles. The van der Waals surface area contributed by atoms with Crippen molar-refractivity contribution in [1.29, 1.82) is 0 Å². The smallest absolute Gasteiger partial charge is 0.306 e. The van der Waals surface area contributed by atoms with E-state index in [1.165, 1.54) is 0 Å². The minimum absolute atomic E-state index is 0.263. The first-order chi connectivity index (χ1) is 13.1. The Balaban J connectivity index is 2.10. The van der Waals surface area contributed by atoms with Crippen LogP contribution in [0.3, 0.4) is 0 Å². The lowest BCUT2D eigenvalue weighted by Crippen LogP contribution is -2.29. The number of rotatable bonds is 7. The normalized spacial score (nSPS) is 26.5. The molecule has 0 bridgehead atoms. The Morgan fingerprint density at radius 1 is 1.32 bits per heavy atom. The van der Waals surface area contributed by atoms with Crippen LogP contribution in [0.25, 0.3) is 0 Å². The largest absolute Gasteiger partial charge is 0.460 e. The summed E-state index contributed by atoms with van der Waals surface area (Å²) in [5.74, 6) is -0.637. The molecule has 1 fully saturated rings. The number of aliphatic hydroxyl groups excluding tert-OH is 2. The summed E-state index contributed by atoms with van der Waals surface area (Å²) >= 11 is 6.40. The van der Waals surface area contributed by atoms with Crippen LogP contribution in [0.1, 0.15) is 76.5 Å². The molecule has 1 aromatic rings. The standard InChI is InChI=1S/C23H33ClO4/c1-5-6-7-8-9-19(26)28-21-17(24)14-18(25)20(21)15-10-12-16(13-11-15)22(27)23(2,3)4/h5-6,10-13,17-18,20-22,25,27H,7-9,14H2,1-4H3/b6-5-/t17-,18-,20+,21+,22?/m1/s1. The maximum absolute atomic E-state index is 12.2. The van der Waals surface area contributed by atoms with Crippen molar-refractivity contribution in [2.75, 3.05) is 0 Å². The second kappa shape index (κ2) is 9.91. The Hall–Kier alpha value is -1.36. The van der Waals surface area contributed by atoms with E-state index < -0.39 is 23.7 Å². The van der Waals surface area contributed by atoms with Crippen LogP contribution in [0, 0.1) is 5.41 Å². The zero-order valence-corrected chi connectivity index (χ0v) is 18.0. The van der Waals surface area contributed by atoms with Crippen LogP contribution in [0.2, 0.25) is 0 Å². The summed E-state index contributed by atoms with van der Waals surface area (Å²) in [4.78, 5) is 12.2. The average molecular weight is 409 g/mol. The SMILES string of the molecule is C/C=C\CCCC(=O)O[C@@H]1[C@@H](c2ccc(C(O)C(C)(C)C)cc2)[C@H](O)C[C@H]1Cl. The highest BCUT2D eigenvalue weighted by molar-refractivity contribution is 6.21. The number of allylic oxidation sites excluding steroid dienone is 2. The van der Waals surface area contributed by atoms with Crippen LogP contribution in [0.4, 0.5) is 0 Å². The number of aliphatic hydroxyl groups is 2. The van der Waals surface area contributed by atoms with Crippen molar-refractivity contribution >= 4 is 17.6 Å². The highest BCUT2D eigenvalue weighted by atomic mass is 35.5. The van der Waals surface area contributed by atoms with Crippen molar-refractivity contribution in [3.05, 3.63) is 47.5 Å². The van der Waals surface area contributed by atoms with Crippen molar-refractivity contribution in [3.8, 4) is 0 Å². The maximum atomic E-state index is 12.2. The number of ether oxygens (including phenoxy) is 1. The molecule has 0 spiro atoms. The van der Waals surface area contributed by atoms with Gasteiger partial charge in [-0.25, -0.2) is 0 Å². The third-order valence-corrected chi connectivity index (χ3v) is 5.73. The Bertz CT molecular complexity index is 662.